The summed E-state index contributed by atoms with van der Waals surface area (Å²) in [5.41, 5.74) is 0. The van der Waals surface area contributed by atoms with Crippen LogP contribution in [-0.4, -0.2) is 48.9 Å². The lowest BCUT2D eigenvalue weighted by atomic mass is 10.2. The zero-order valence-corrected chi connectivity index (χ0v) is 9.93. The fourth-order valence-electron chi connectivity index (χ4n) is 1.83. The Morgan fingerprint density at radius 1 is 1.56 bits per heavy atom. The fourth-order valence-corrected chi connectivity index (χ4v) is 1.83. The topological polar surface area (TPSA) is 63.4 Å². The lowest BCUT2D eigenvalue weighted by molar-refractivity contribution is 0.116. The van der Waals surface area contributed by atoms with Gasteiger partial charge >= 0.3 is 0 Å². The van der Waals surface area contributed by atoms with Crippen LogP contribution >= 0.6 is 0 Å². The molecular formula is C10H18N4O2. The van der Waals surface area contributed by atoms with Crippen LogP contribution in [0.25, 0.3) is 0 Å². The maximum absolute atomic E-state index is 5.27. The largest absolute Gasteiger partial charge is 0.380 e. The second kappa shape index (κ2) is 4.90. The van der Waals surface area contributed by atoms with Gasteiger partial charge in [0, 0.05) is 13.7 Å². The molecular weight excluding hydrogens is 208 g/mol. The van der Waals surface area contributed by atoms with Gasteiger partial charge in [-0.25, -0.2) is 0 Å². The molecule has 0 amide bonds. The van der Waals surface area contributed by atoms with Gasteiger partial charge in [0.25, 0.3) is 0 Å². The van der Waals surface area contributed by atoms with Gasteiger partial charge in [0.1, 0.15) is 0 Å². The first-order valence-corrected chi connectivity index (χ1v) is 5.42. The average Bonchev–Trinajstić information content (AvgIpc) is 2.83. The van der Waals surface area contributed by atoms with Gasteiger partial charge in [0.05, 0.1) is 18.7 Å². The maximum Gasteiger partial charge on any atom is 0.243 e. The van der Waals surface area contributed by atoms with Crippen molar-refractivity contribution in [2.75, 3.05) is 27.7 Å². The smallest absolute Gasteiger partial charge is 0.243 e. The standard InChI is InChI=1S/C10H18N4O2/c1-14(2)6-9-12-10(16-13-9)8-4-7(15-3)5-11-8/h7-8,11H,4-6H2,1-3H3. The second-order valence-electron chi connectivity index (χ2n) is 4.34. The molecule has 1 aliphatic heterocycles. The molecule has 16 heavy (non-hydrogen) atoms. The van der Waals surface area contributed by atoms with Crippen LogP contribution in [0.1, 0.15) is 24.2 Å². The third-order valence-corrected chi connectivity index (χ3v) is 2.66. The van der Waals surface area contributed by atoms with Crippen LogP contribution < -0.4 is 5.32 Å². The molecule has 0 spiro atoms. The number of methoxy groups -OCH3 is 1. The van der Waals surface area contributed by atoms with E-state index in [1.54, 1.807) is 7.11 Å². The molecule has 1 N–H and O–H groups in total. The molecule has 1 aromatic rings. The van der Waals surface area contributed by atoms with E-state index in [2.05, 4.69) is 15.5 Å². The minimum atomic E-state index is 0.133. The van der Waals surface area contributed by atoms with Crippen molar-refractivity contribution in [3.8, 4) is 0 Å². The highest BCUT2D eigenvalue weighted by molar-refractivity contribution is 4.97. The highest BCUT2D eigenvalue weighted by Crippen LogP contribution is 2.23. The van der Waals surface area contributed by atoms with Gasteiger partial charge in [-0.2, -0.15) is 4.98 Å². The highest BCUT2D eigenvalue weighted by Gasteiger charge is 2.29. The summed E-state index contributed by atoms with van der Waals surface area (Å²) in [7, 11) is 5.68. The van der Waals surface area contributed by atoms with Gasteiger partial charge in [0.2, 0.25) is 5.89 Å². The van der Waals surface area contributed by atoms with E-state index in [0.717, 1.165) is 18.8 Å². The first kappa shape index (κ1) is 11.5. The third kappa shape index (κ3) is 2.58. The number of aromatic nitrogens is 2. The molecule has 2 atom stereocenters. The Labute approximate surface area is 95.0 Å². The van der Waals surface area contributed by atoms with Crippen LogP contribution in [0, 0.1) is 0 Å². The van der Waals surface area contributed by atoms with Crippen LogP contribution in [0.15, 0.2) is 4.52 Å². The summed E-state index contributed by atoms with van der Waals surface area (Å²) in [6.45, 7) is 1.54. The first-order chi connectivity index (χ1) is 7.69. The molecule has 0 radical (unpaired) electrons. The summed E-state index contributed by atoms with van der Waals surface area (Å²) < 4.78 is 10.5. The summed E-state index contributed by atoms with van der Waals surface area (Å²) in [6.07, 6.45) is 1.13. The quantitative estimate of drug-likeness (QED) is 0.790. The predicted molar refractivity (Wildman–Crippen MR) is 57.8 cm³/mol. The lowest BCUT2D eigenvalue weighted by Crippen LogP contribution is -2.16. The molecule has 0 aliphatic carbocycles. The monoisotopic (exact) mass is 226 g/mol. The molecule has 1 aliphatic rings. The summed E-state index contributed by atoms with van der Waals surface area (Å²) in [4.78, 5) is 6.37. The number of ether oxygens (including phenoxy) is 1. The molecule has 0 aromatic carbocycles. The zero-order valence-electron chi connectivity index (χ0n) is 9.93. The van der Waals surface area contributed by atoms with Gasteiger partial charge < -0.3 is 19.5 Å². The molecule has 2 rings (SSSR count). The number of rotatable bonds is 4. The van der Waals surface area contributed by atoms with Gasteiger partial charge in [-0.15, -0.1) is 0 Å². The van der Waals surface area contributed by atoms with Crippen molar-refractivity contribution in [1.82, 2.24) is 20.4 Å². The van der Waals surface area contributed by atoms with Crippen LogP contribution in [0.4, 0.5) is 0 Å². The van der Waals surface area contributed by atoms with E-state index in [4.69, 9.17) is 9.26 Å². The van der Waals surface area contributed by atoms with E-state index in [1.165, 1.54) is 0 Å². The third-order valence-electron chi connectivity index (χ3n) is 2.66. The van der Waals surface area contributed by atoms with E-state index in [-0.39, 0.29) is 12.1 Å². The van der Waals surface area contributed by atoms with Crippen LogP contribution in [0.5, 0.6) is 0 Å². The average molecular weight is 226 g/mol. The van der Waals surface area contributed by atoms with Crippen molar-refractivity contribution in [2.45, 2.75) is 25.1 Å². The molecule has 0 saturated carbocycles. The van der Waals surface area contributed by atoms with Crippen molar-refractivity contribution in [2.24, 2.45) is 0 Å². The van der Waals surface area contributed by atoms with Crippen molar-refractivity contribution in [1.29, 1.82) is 0 Å². The van der Waals surface area contributed by atoms with E-state index in [1.807, 2.05) is 19.0 Å². The van der Waals surface area contributed by atoms with Crippen LogP contribution in [-0.2, 0) is 11.3 Å². The van der Waals surface area contributed by atoms with Crippen molar-refractivity contribution in [3.05, 3.63) is 11.7 Å². The maximum atomic E-state index is 5.27. The highest BCUT2D eigenvalue weighted by atomic mass is 16.5. The Balaban J connectivity index is 1.97. The summed E-state index contributed by atoms with van der Waals surface area (Å²) >= 11 is 0. The van der Waals surface area contributed by atoms with Crippen molar-refractivity contribution in [3.63, 3.8) is 0 Å². The molecule has 1 fully saturated rings. The predicted octanol–water partition coefficient (Wildman–Crippen LogP) is 0.181. The summed E-state index contributed by atoms with van der Waals surface area (Å²) in [5, 5.41) is 7.25. The molecule has 90 valence electrons. The van der Waals surface area contributed by atoms with Crippen LogP contribution in [0.3, 0.4) is 0 Å². The summed E-state index contributed by atoms with van der Waals surface area (Å²) in [5.74, 6) is 1.39. The molecule has 2 heterocycles. The molecule has 1 saturated heterocycles. The molecule has 1 aromatic heterocycles. The van der Waals surface area contributed by atoms with Gasteiger partial charge in [-0.3, -0.25) is 0 Å². The zero-order chi connectivity index (χ0) is 11.5. The van der Waals surface area contributed by atoms with Gasteiger partial charge in [0.15, 0.2) is 5.82 Å². The van der Waals surface area contributed by atoms with E-state index in [0.29, 0.717) is 12.4 Å². The molecule has 0 bridgehead atoms. The minimum absolute atomic E-state index is 0.133. The van der Waals surface area contributed by atoms with E-state index in [9.17, 15) is 0 Å². The number of hydrogen-bond donors (Lipinski definition) is 1. The Morgan fingerprint density at radius 2 is 2.38 bits per heavy atom. The Morgan fingerprint density at radius 3 is 3.00 bits per heavy atom. The number of nitrogens with zero attached hydrogens (tertiary/aromatic N) is 3. The van der Waals surface area contributed by atoms with Crippen LogP contribution in [0.2, 0.25) is 0 Å². The lowest BCUT2D eigenvalue weighted by Gasteiger charge is -2.05. The fraction of sp³-hybridized carbons (Fsp3) is 0.800. The normalized spacial score (nSPS) is 25.5. The SMILES string of the molecule is COC1CNC(c2nc(CN(C)C)no2)C1. The van der Waals surface area contributed by atoms with E-state index >= 15 is 0 Å². The number of hydrogen-bond acceptors (Lipinski definition) is 6. The van der Waals surface area contributed by atoms with Gasteiger partial charge in [-0.1, -0.05) is 5.16 Å². The van der Waals surface area contributed by atoms with Crippen molar-refractivity contribution >= 4 is 0 Å². The Bertz CT molecular complexity index is 339. The van der Waals surface area contributed by atoms with Crippen molar-refractivity contribution < 1.29 is 9.26 Å². The van der Waals surface area contributed by atoms with Gasteiger partial charge in [-0.05, 0) is 20.5 Å². The number of nitrogens with one attached hydrogen (secondary N) is 1. The first-order valence-electron chi connectivity index (χ1n) is 5.42. The Hall–Kier alpha value is -0.980. The molecule has 2 unspecified atom stereocenters. The molecule has 6 heteroatoms. The second-order valence-corrected chi connectivity index (χ2v) is 4.34. The Kier molecular flexibility index (Phi) is 3.52. The molecule has 6 nitrogen and oxygen atoms in total. The van der Waals surface area contributed by atoms with E-state index < -0.39 is 0 Å². The minimum Gasteiger partial charge on any atom is -0.380 e. The summed E-state index contributed by atoms with van der Waals surface area (Å²) in [6, 6.07) is 0.133.